The van der Waals surface area contributed by atoms with Crippen LogP contribution >= 0.6 is 0 Å². The highest BCUT2D eigenvalue weighted by atomic mass is 14.8. The topological polar surface area (TPSA) is 24.9 Å². The van der Waals surface area contributed by atoms with Crippen molar-refractivity contribution in [1.29, 1.82) is 0 Å². The maximum Gasteiger partial charge on any atom is 0.0270 e. The zero-order valence-corrected chi connectivity index (χ0v) is 13.5. The Hall–Kier alpha value is -0.890. The molecular formula is C18H30N2. The predicted molar refractivity (Wildman–Crippen MR) is 85.6 cm³/mol. The fraction of sp³-hybridized carbons (Fsp3) is 0.722. The Morgan fingerprint density at radius 2 is 1.85 bits per heavy atom. The highest BCUT2D eigenvalue weighted by Crippen LogP contribution is 2.43. The third-order valence-electron chi connectivity index (χ3n) is 5.08. The summed E-state index contributed by atoms with van der Waals surface area (Å²) in [5.41, 5.74) is 1.89. The fourth-order valence-corrected chi connectivity index (χ4v) is 3.72. The molecule has 1 heterocycles. The average molecular weight is 274 g/mol. The van der Waals surface area contributed by atoms with Crippen molar-refractivity contribution < 1.29 is 0 Å². The minimum absolute atomic E-state index is 0.446. The van der Waals surface area contributed by atoms with E-state index in [1.54, 1.807) is 0 Å². The molecule has 2 heteroatoms. The largest absolute Gasteiger partial charge is 0.319 e. The molecule has 20 heavy (non-hydrogen) atoms. The van der Waals surface area contributed by atoms with E-state index in [0.717, 1.165) is 24.3 Å². The van der Waals surface area contributed by atoms with Gasteiger partial charge in [-0.3, -0.25) is 4.98 Å². The van der Waals surface area contributed by atoms with Crippen molar-refractivity contribution in [2.45, 2.75) is 46.5 Å². The number of nitrogens with one attached hydrogen (secondary N) is 1. The van der Waals surface area contributed by atoms with Crippen molar-refractivity contribution in [3.8, 4) is 0 Å². The second-order valence-electron chi connectivity index (χ2n) is 7.51. The molecule has 1 fully saturated rings. The van der Waals surface area contributed by atoms with Crippen LogP contribution in [-0.2, 0) is 6.42 Å². The summed E-state index contributed by atoms with van der Waals surface area (Å²) in [5, 5.41) is 3.39. The Bertz CT molecular complexity index is 394. The van der Waals surface area contributed by atoms with Crippen molar-refractivity contribution in [2.75, 3.05) is 13.6 Å². The second-order valence-corrected chi connectivity index (χ2v) is 7.51. The van der Waals surface area contributed by atoms with E-state index in [1.165, 1.54) is 31.2 Å². The molecule has 0 amide bonds. The van der Waals surface area contributed by atoms with E-state index in [2.05, 4.69) is 50.3 Å². The first-order valence-corrected chi connectivity index (χ1v) is 8.04. The van der Waals surface area contributed by atoms with Gasteiger partial charge in [0.15, 0.2) is 0 Å². The highest BCUT2D eigenvalue weighted by molar-refractivity contribution is 5.11. The third kappa shape index (κ3) is 4.05. The molecule has 3 atom stereocenters. The van der Waals surface area contributed by atoms with Crippen LogP contribution in [-0.4, -0.2) is 18.6 Å². The van der Waals surface area contributed by atoms with Gasteiger partial charge < -0.3 is 5.32 Å². The van der Waals surface area contributed by atoms with Crippen LogP contribution in [0.25, 0.3) is 0 Å². The van der Waals surface area contributed by atoms with Gasteiger partial charge in [-0.25, -0.2) is 0 Å². The van der Waals surface area contributed by atoms with Gasteiger partial charge in [-0.1, -0.05) is 20.8 Å². The van der Waals surface area contributed by atoms with E-state index in [9.17, 15) is 0 Å². The van der Waals surface area contributed by atoms with Gasteiger partial charge in [0.2, 0.25) is 0 Å². The quantitative estimate of drug-likeness (QED) is 0.900. The normalized spacial score (nSPS) is 27.5. The van der Waals surface area contributed by atoms with Crippen molar-refractivity contribution in [3.63, 3.8) is 0 Å². The molecule has 2 rings (SSSR count). The monoisotopic (exact) mass is 274 g/mol. The first-order chi connectivity index (χ1) is 9.50. The molecule has 1 saturated carbocycles. The Balaban J connectivity index is 2.07. The van der Waals surface area contributed by atoms with E-state index < -0.39 is 0 Å². The lowest BCUT2D eigenvalue weighted by Gasteiger charge is -2.42. The molecule has 2 nitrogen and oxygen atoms in total. The lowest BCUT2D eigenvalue weighted by atomic mass is 9.64. The van der Waals surface area contributed by atoms with Gasteiger partial charge in [-0.05, 0) is 80.1 Å². The Labute approximate surface area is 124 Å². The Kier molecular flexibility index (Phi) is 5.20. The summed E-state index contributed by atoms with van der Waals surface area (Å²) in [7, 11) is 2.08. The molecule has 0 aromatic carbocycles. The molecule has 112 valence electrons. The number of pyridine rings is 1. The van der Waals surface area contributed by atoms with E-state index >= 15 is 0 Å². The zero-order chi connectivity index (χ0) is 14.6. The summed E-state index contributed by atoms with van der Waals surface area (Å²) in [6.07, 6.45) is 9.19. The number of rotatable bonds is 4. The van der Waals surface area contributed by atoms with Crippen molar-refractivity contribution >= 4 is 0 Å². The molecule has 1 aromatic heterocycles. The molecule has 1 aliphatic rings. The highest BCUT2D eigenvalue weighted by Gasteiger charge is 2.35. The number of aromatic nitrogens is 1. The van der Waals surface area contributed by atoms with Gasteiger partial charge in [-0.15, -0.1) is 0 Å². The second kappa shape index (κ2) is 6.71. The number of hydrogen-bond donors (Lipinski definition) is 1. The maximum absolute atomic E-state index is 4.14. The summed E-state index contributed by atoms with van der Waals surface area (Å²) < 4.78 is 0. The molecule has 1 aromatic rings. The van der Waals surface area contributed by atoms with E-state index in [1.807, 2.05) is 12.4 Å². The van der Waals surface area contributed by atoms with E-state index in [-0.39, 0.29) is 0 Å². The Morgan fingerprint density at radius 3 is 2.45 bits per heavy atom. The van der Waals surface area contributed by atoms with Crippen molar-refractivity contribution in [2.24, 2.45) is 23.2 Å². The van der Waals surface area contributed by atoms with Crippen LogP contribution < -0.4 is 5.32 Å². The summed E-state index contributed by atoms with van der Waals surface area (Å²) in [4.78, 5) is 4.14. The molecule has 0 saturated heterocycles. The van der Waals surface area contributed by atoms with Crippen LogP contribution in [0.3, 0.4) is 0 Å². The minimum Gasteiger partial charge on any atom is -0.319 e. The predicted octanol–water partition coefficient (Wildman–Crippen LogP) is 3.92. The van der Waals surface area contributed by atoms with E-state index in [0.29, 0.717) is 5.41 Å². The van der Waals surface area contributed by atoms with Gasteiger partial charge in [0.25, 0.3) is 0 Å². The zero-order valence-electron chi connectivity index (χ0n) is 13.5. The lowest BCUT2D eigenvalue weighted by molar-refractivity contribution is 0.0980. The SMILES string of the molecule is CNCC1CCC(C(C)(C)C)CC1Cc1ccncc1. The summed E-state index contributed by atoms with van der Waals surface area (Å²) in [6.45, 7) is 8.37. The lowest BCUT2D eigenvalue weighted by Crippen LogP contribution is -2.36. The fourth-order valence-electron chi connectivity index (χ4n) is 3.72. The van der Waals surface area contributed by atoms with Gasteiger partial charge in [0.05, 0.1) is 0 Å². The van der Waals surface area contributed by atoms with Crippen LogP contribution in [0, 0.1) is 23.2 Å². The van der Waals surface area contributed by atoms with Crippen LogP contribution in [0.5, 0.6) is 0 Å². The number of nitrogens with zero attached hydrogens (tertiary/aromatic N) is 1. The van der Waals surface area contributed by atoms with E-state index in [4.69, 9.17) is 0 Å². The standard InChI is InChI=1S/C18H30N2/c1-18(2,3)17-6-5-15(13-19-4)16(12-17)11-14-7-9-20-10-8-14/h7-10,15-17,19H,5-6,11-13H2,1-4H3. The van der Waals surface area contributed by atoms with Crippen molar-refractivity contribution in [3.05, 3.63) is 30.1 Å². The molecule has 0 radical (unpaired) electrons. The van der Waals surface area contributed by atoms with Crippen LogP contribution in [0.1, 0.15) is 45.6 Å². The third-order valence-corrected chi connectivity index (χ3v) is 5.08. The molecule has 0 aliphatic heterocycles. The molecule has 0 spiro atoms. The summed E-state index contributed by atoms with van der Waals surface area (Å²) >= 11 is 0. The van der Waals surface area contributed by atoms with Gasteiger partial charge >= 0.3 is 0 Å². The molecule has 0 bridgehead atoms. The van der Waals surface area contributed by atoms with Crippen LogP contribution in [0.15, 0.2) is 24.5 Å². The summed E-state index contributed by atoms with van der Waals surface area (Å²) in [6, 6.07) is 4.36. The van der Waals surface area contributed by atoms with Gasteiger partial charge in [0, 0.05) is 12.4 Å². The summed E-state index contributed by atoms with van der Waals surface area (Å²) in [5.74, 6) is 2.50. The minimum atomic E-state index is 0.446. The number of hydrogen-bond acceptors (Lipinski definition) is 2. The first-order valence-electron chi connectivity index (χ1n) is 8.04. The average Bonchev–Trinajstić information content (AvgIpc) is 2.41. The maximum atomic E-state index is 4.14. The molecular weight excluding hydrogens is 244 g/mol. The molecule has 3 unspecified atom stereocenters. The Morgan fingerprint density at radius 1 is 1.15 bits per heavy atom. The van der Waals surface area contributed by atoms with Gasteiger partial charge in [-0.2, -0.15) is 0 Å². The van der Waals surface area contributed by atoms with Crippen molar-refractivity contribution in [1.82, 2.24) is 10.3 Å². The first kappa shape index (κ1) is 15.5. The molecule has 1 aliphatic carbocycles. The smallest absolute Gasteiger partial charge is 0.0270 e. The van der Waals surface area contributed by atoms with Gasteiger partial charge in [0.1, 0.15) is 0 Å². The van der Waals surface area contributed by atoms with Crippen LogP contribution in [0.4, 0.5) is 0 Å². The van der Waals surface area contributed by atoms with Crippen LogP contribution in [0.2, 0.25) is 0 Å². The molecule has 1 N–H and O–H groups in total.